The minimum absolute atomic E-state index is 0.529. The molecule has 12 rings (SSSR count). The van der Waals surface area contributed by atoms with Crippen LogP contribution in [0, 0.1) is 0 Å². The number of rotatable bonds is 7. The van der Waals surface area contributed by atoms with Gasteiger partial charge in [0.15, 0.2) is 0 Å². The van der Waals surface area contributed by atoms with Gasteiger partial charge in [-0.25, -0.2) is 15.0 Å². The average Bonchev–Trinajstić information content (AvgIpc) is 3.87. The van der Waals surface area contributed by atoms with Gasteiger partial charge in [-0.1, -0.05) is 103 Å². The number of fused-ring (bicyclic) bond motifs is 9. The topological polar surface area (TPSA) is 58.3 Å². The molecule has 0 aliphatic heterocycles. The van der Waals surface area contributed by atoms with E-state index in [1.54, 1.807) is 24.0 Å². The Labute approximate surface area is 348 Å². The van der Waals surface area contributed by atoms with Crippen LogP contribution in [0.3, 0.4) is 0 Å². The second-order valence-corrected chi connectivity index (χ2v) is 16.0. The van der Waals surface area contributed by atoms with Crippen molar-refractivity contribution < 1.29 is 4.42 Å². The van der Waals surface area contributed by atoms with Gasteiger partial charge in [-0.15, -0.1) is 11.3 Å². The maximum Gasteiger partial charge on any atom is 0.237 e. The van der Waals surface area contributed by atoms with Crippen LogP contribution >= 0.6 is 11.3 Å². The zero-order chi connectivity index (χ0) is 39.6. The van der Waals surface area contributed by atoms with Crippen molar-refractivity contribution in [3.63, 3.8) is 0 Å². The van der Waals surface area contributed by atoms with Gasteiger partial charge in [0.2, 0.25) is 5.95 Å². The first-order valence-corrected chi connectivity index (χ1v) is 20.7. The second-order valence-electron chi connectivity index (χ2n) is 14.9. The maximum absolute atomic E-state index is 6.52. The normalized spacial score (nSPS) is 11.7. The zero-order valence-corrected chi connectivity index (χ0v) is 32.9. The fourth-order valence-corrected chi connectivity index (χ4v) is 9.86. The summed E-state index contributed by atoms with van der Waals surface area (Å²) < 4.78 is 8.94. The Morgan fingerprint density at radius 2 is 1.07 bits per heavy atom. The Morgan fingerprint density at radius 1 is 0.400 bits per heavy atom. The van der Waals surface area contributed by atoms with E-state index in [9.17, 15) is 0 Å². The molecule has 0 unspecified atom stereocenters. The Morgan fingerprint density at radius 3 is 1.88 bits per heavy atom. The Bertz CT molecular complexity index is 3530. The molecule has 0 aliphatic carbocycles. The average molecular weight is 788 g/mol. The van der Waals surface area contributed by atoms with Crippen molar-refractivity contribution in [2.75, 3.05) is 9.80 Å². The van der Waals surface area contributed by atoms with Crippen molar-refractivity contribution in [2.24, 2.45) is 0 Å². The third-order valence-corrected chi connectivity index (χ3v) is 12.6. The minimum Gasteiger partial charge on any atom is -0.456 e. The lowest BCUT2D eigenvalue weighted by atomic mass is 9.95. The van der Waals surface area contributed by atoms with E-state index in [2.05, 4.69) is 213 Å². The molecule has 0 amide bonds. The maximum atomic E-state index is 6.52. The molecule has 7 heteroatoms. The van der Waals surface area contributed by atoms with Gasteiger partial charge < -0.3 is 9.32 Å². The highest BCUT2D eigenvalue weighted by atomic mass is 32.1. The summed E-state index contributed by atoms with van der Waals surface area (Å²) in [6.45, 7) is 0. The Hall–Kier alpha value is -7.87. The standard InChI is InChI=1S/C53H33N5OS/c1-3-11-37(12-4-1)57(38-13-5-2-6-14-38)41-21-25-45-46-29-40(23-27-50(46)60-51(45)31-41)58(53-55-32-54-33-56-53)39-22-26-48-47(30-39)52-44(16-9-17-49(52)59-48)36-20-24-43-35(28-36)19-18-34-10-7-8-15-42(34)43/h1-33H. The van der Waals surface area contributed by atoms with Crippen LogP contribution in [0.25, 0.3) is 74.8 Å². The molecule has 60 heavy (non-hydrogen) atoms. The van der Waals surface area contributed by atoms with E-state index in [1.165, 1.54) is 41.7 Å². The van der Waals surface area contributed by atoms with Crippen LogP contribution < -0.4 is 9.80 Å². The molecule has 0 atom stereocenters. The van der Waals surface area contributed by atoms with Crippen LogP contribution in [0.4, 0.5) is 34.4 Å². The van der Waals surface area contributed by atoms with E-state index in [0.29, 0.717) is 5.95 Å². The first kappa shape index (κ1) is 34.2. The number of thiophene rings is 1. The molecule has 0 aliphatic rings. The van der Waals surface area contributed by atoms with Crippen LogP contribution in [0.1, 0.15) is 0 Å². The van der Waals surface area contributed by atoms with E-state index >= 15 is 0 Å². The summed E-state index contributed by atoms with van der Waals surface area (Å²) in [7, 11) is 0. The molecular weight excluding hydrogens is 755 g/mol. The summed E-state index contributed by atoms with van der Waals surface area (Å²) >= 11 is 1.80. The molecule has 0 bridgehead atoms. The molecule has 0 radical (unpaired) electrons. The quantitative estimate of drug-likeness (QED) is 0.150. The number of para-hydroxylation sites is 2. The van der Waals surface area contributed by atoms with Crippen LogP contribution in [-0.4, -0.2) is 15.0 Å². The molecule has 3 heterocycles. The first-order chi connectivity index (χ1) is 29.7. The summed E-state index contributed by atoms with van der Waals surface area (Å²) in [4.78, 5) is 17.9. The van der Waals surface area contributed by atoms with Crippen LogP contribution in [-0.2, 0) is 0 Å². The summed E-state index contributed by atoms with van der Waals surface area (Å²) in [6.07, 6.45) is 3.10. The molecule has 9 aromatic carbocycles. The van der Waals surface area contributed by atoms with Crippen LogP contribution in [0.2, 0.25) is 0 Å². The number of benzene rings is 9. The van der Waals surface area contributed by atoms with Gasteiger partial charge in [0.1, 0.15) is 23.8 Å². The van der Waals surface area contributed by atoms with Gasteiger partial charge in [0.05, 0.1) is 0 Å². The van der Waals surface area contributed by atoms with Crippen molar-refractivity contribution >= 4 is 109 Å². The van der Waals surface area contributed by atoms with Crippen LogP contribution in [0.5, 0.6) is 0 Å². The van der Waals surface area contributed by atoms with E-state index < -0.39 is 0 Å². The van der Waals surface area contributed by atoms with E-state index in [-0.39, 0.29) is 0 Å². The molecule has 0 saturated carbocycles. The highest BCUT2D eigenvalue weighted by molar-refractivity contribution is 7.25. The summed E-state index contributed by atoms with van der Waals surface area (Å²) in [5.41, 5.74) is 9.11. The third kappa shape index (κ3) is 5.67. The lowest BCUT2D eigenvalue weighted by Gasteiger charge is -2.25. The van der Waals surface area contributed by atoms with Gasteiger partial charge in [0, 0.05) is 59.4 Å². The molecule has 0 saturated heterocycles. The van der Waals surface area contributed by atoms with Crippen molar-refractivity contribution in [3.05, 3.63) is 201 Å². The van der Waals surface area contributed by atoms with Crippen molar-refractivity contribution in [3.8, 4) is 11.1 Å². The number of hydrogen-bond donors (Lipinski definition) is 0. The van der Waals surface area contributed by atoms with Gasteiger partial charge in [-0.05, 0) is 118 Å². The molecular formula is C53H33N5OS. The molecule has 6 nitrogen and oxygen atoms in total. The van der Waals surface area contributed by atoms with Crippen molar-refractivity contribution in [2.45, 2.75) is 0 Å². The van der Waals surface area contributed by atoms with Gasteiger partial charge in [-0.3, -0.25) is 4.90 Å². The van der Waals surface area contributed by atoms with Crippen molar-refractivity contribution in [1.29, 1.82) is 0 Å². The number of anilines is 6. The number of furan rings is 1. The minimum atomic E-state index is 0.529. The summed E-state index contributed by atoms with van der Waals surface area (Å²) in [5.74, 6) is 0.529. The van der Waals surface area contributed by atoms with Gasteiger partial charge in [-0.2, -0.15) is 0 Å². The largest absolute Gasteiger partial charge is 0.456 e. The summed E-state index contributed by atoms with van der Waals surface area (Å²) in [5, 5.41) is 9.40. The molecule has 282 valence electrons. The molecule has 12 aromatic rings. The summed E-state index contributed by atoms with van der Waals surface area (Å²) in [6, 6.07) is 66.9. The van der Waals surface area contributed by atoms with Gasteiger partial charge >= 0.3 is 0 Å². The predicted octanol–water partition coefficient (Wildman–Crippen LogP) is 15.1. The van der Waals surface area contributed by atoms with Crippen LogP contribution in [0.15, 0.2) is 205 Å². The monoisotopic (exact) mass is 787 g/mol. The van der Waals surface area contributed by atoms with Gasteiger partial charge in [0.25, 0.3) is 0 Å². The van der Waals surface area contributed by atoms with E-state index in [1.807, 2.05) is 0 Å². The SMILES string of the molecule is c1ccc(N(c2ccccc2)c2ccc3c(c2)sc2ccc(N(c4ccc5oc6cccc(-c7ccc8c(ccc9ccccc98)c7)c6c5c4)c4ncncn4)cc23)cc1. The predicted molar refractivity (Wildman–Crippen MR) is 250 cm³/mol. The molecule has 0 N–H and O–H groups in total. The molecule has 0 fully saturated rings. The Balaban J connectivity index is 0.986. The lowest BCUT2D eigenvalue weighted by molar-refractivity contribution is 0.669. The molecule has 3 aromatic heterocycles. The van der Waals surface area contributed by atoms with E-state index in [4.69, 9.17) is 4.42 Å². The fraction of sp³-hybridized carbons (Fsp3) is 0. The number of hydrogen-bond acceptors (Lipinski definition) is 7. The Kier molecular flexibility index (Phi) is 7.92. The highest BCUT2D eigenvalue weighted by Gasteiger charge is 2.21. The number of nitrogens with zero attached hydrogens (tertiary/aromatic N) is 5. The third-order valence-electron chi connectivity index (χ3n) is 11.5. The van der Waals surface area contributed by atoms with E-state index in [0.717, 1.165) is 61.5 Å². The van der Waals surface area contributed by atoms with Crippen molar-refractivity contribution in [1.82, 2.24) is 15.0 Å². The fourth-order valence-electron chi connectivity index (χ4n) is 8.74. The highest BCUT2D eigenvalue weighted by Crippen LogP contribution is 2.45. The lowest BCUT2D eigenvalue weighted by Crippen LogP contribution is -2.13. The molecule has 0 spiro atoms. The first-order valence-electron chi connectivity index (χ1n) is 19.9. The number of aromatic nitrogens is 3. The second kappa shape index (κ2) is 13.9. The zero-order valence-electron chi connectivity index (χ0n) is 32.1. The smallest absolute Gasteiger partial charge is 0.237 e.